The van der Waals surface area contributed by atoms with Gasteiger partial charge in [-0.3, -0.25) is 4.79 Å². The Labute approximate surface area is 130 Å². The average molecular weight is 293 g/mol. The Morgan fingerprint density at radius 2 is 1.55 bits per heavy atom. The zero-order chi connectivity index (χ0) is 15.0. The number of hydrogen-bond donors (Lipinski definition) is 1. The number of fused-ring (bicyclic) bond motifs is 1. The highest BCUT2D eigenvalue weighted by Gasteiger charge is 2.57. The van der Waals surface area contributed by atoms with Gasteiger partial charge in [-0.05, 0) is 13.0 Å². The van der Waals surface area contributed by atoms with Crippen LogP contribution in [0.2, 0.25) is 0 Å². The molecule has 2 aromatic carbocycles. The van der Waals surface area contributed by atoms with Crippen molar-refractivity contribution in [1.29, 1.82) is 0 Å². The Hall–Kier alpha value is -2.13. The van der Waals surface area contributed by atoms with Crippen LogP contribution in [0.4, 0.5) is 0 Å². The molecule has 0 aromatic heterocycles. The standard InChI is InChI=1S/C19H19NO2/c21-18-16-13-20-12-11-17(16)19(22-18,14-7-3-1-4-8-14)15-9-5-2-6-10-15/h1-10,16-17,20H,11-13H2. The minimum absolute atomic E-state index is 0.0610. The minimum atomic E-state index is -0.646. The summed E-state index contributed by atoms with van der Waals surface area (Å²) in [6.07, 6.45) is 0.945. The van der Waals surface area contributed by atoms with Gasteiger partial charge in [0.1, 0.15) is 0 Å². The first-order chi connectivity index (χ1) is 10.8. The lowest BCUT2D eigenvalue weighted by atomic mass is 9.70. The van der Waals surface area contributed by atoms with Gasteiger partial charge >= 0.3 is 5.97 Å². The quantitative estimate of drug-likeness (QED) is 0.865. The van der Waals surface area contributed by atoms with Crippen LogP contribution in [-0.2, 0) is 15.1 Å². The summed E-state index contributed by atoms with van der Waals surface area (Å²) in [7, 11) is 0. The molecule has 3 heteroatoms. The second-order valence-corrected chi connectivity index (χ2v) is 6.09. The summed E-state index contributed by atoms with van der Waals surface area (Å²) in [5.74, 6) is 0.0464. The average Bonchev–Trinajstić information content (AvgIpc) is 2.91. The van der Waals surface area contributed by atoms with Gasteiger partial charge in [0.2, 0.25) is 0 Å². The van der Waals surface area contributed by atoms with E-state index in [0.29, 0.717) is 6.54 Å². The van der Waals surface area contributed by atoms with Crippen LogP contribution in [0.25, 0.3) is 0 Å². The Morgan fingerprint density at radius 1 is 0.955 bits per heavy atom. The van der Waals surface area contributed by atoms with Crippen LogP contribution < -0.4 is 5.32 Å². The first-order valence-electron chi connectivity index (χ1n) is 7.87. The number of carbonyl (C=O) groups excluding carboxylic acids is 1. The van der Waals surface area contributed by atoms with Gasteiger partial charge in [-0.1, -0.05) is 60.7 Å². The van der Waals surface area contributed by atoms with Crippen molar-refractivity contribution in [2.75, 3.05) is 13.1 Å². The number of ether oxygens (including phenoxy) is 1. The molecule has 3 nitrogen and oxygen atoms in total. The molecule has 2 aliphatic heterocycles. The predicted octanol–water partition coefficient (Wildman–Crippen LogP) is 2.71. The second-order valence-electron chi connectivity index (χ2n) is 6.09. The van der Waals surface area contributed by atoms with Crippen molar-refractivity contribution in [3.63, 3.8) is 0 Å². The van der Waals surface area contributed by atoms with Crippen molar-refractivity contribution in [1.82, 2.24) is 5.32 Å². The summed E-state index contributed by atoms with van der Waals surface area (Å²) in [6, 6.07) is 20.4. The van der Waals surface area contributed by atoms with Crippen LogP contribution in [0.3, 0.4) is 0 Å². The number of nitrogens with one attached hydrogen (secondary N) is 1. The normalized spacial score (nSPS) is 26.3. The fraction of sp³-hybridized carbons (Fsp3) is 0.316. The summed E-state index contributed by atoms with van der Waals surface area (Å²) in [5.41, 5.74) is 1.50. The molecule has 0 amide bonds. The van der Waals surface area contributed by atoms with Gasteiger partial charge in [0.05, 0.1) is 5.92 Å². The van der Waals surface area contributed by atoms with Gasteiger partial charge in [-0.25, -0.2) is 0 Å². The van der Waals surface area contributed by atoms with E-state index in [-0.39, 0.29) is 17.8 Å². The third-order valence-electron chi connectivity index (χ3n) is 4.97. The van der Waals surface area contributed by atoms with Crippen molar-refractivity contribution >= 4 is 5.97 Å². The van der Waals surface area contributed by atoms with Gasteiger partial charge in [0, 0.05) is 23.6 Å². The van der Waals surface area contributed by atoms with Crippen LogP contribution in [-0.4, -0.2) is 19.1 Å². The van der Waals surface area contributed by atoms with Crippen molar-refractivity contribution in [2.24, 2.45) is 11.8 Å². The summed E-state index contributed by atoms with van der Waals surface area (Å²) >= 11 is 0. The molecule has 2 aromatic rings. The highest BCUT2D eigenvalue weighted by Crippen LogP contribution is 2.51. The van der Waals surface area contributed by atoms with Gasteiger partial charge in [0.15, 0.2) is 5.60 Å². The van der Waals surface area contributed by atoms with Gasteiger partial charge in [0.25, 0.3) is 0 Å². The maximum Gasteiger partial charge on any atom is 0.311 e. The lowest BCUT2D eigenvalue weighted by molar-refractivity contribution is -0.148. The van der Waals surface area contributed by atoms with Crippen LogP contribution in [0.1, 0.15) is 17.5 Å². The van der Waals surface area contributed by atoms with Gasteiger partial charge < -0.3 is 10.1 Å². The highest BCUT2D eigenvalue weighted by molar-refractivity contribution is 5.78. The molecule has 0 aliphatic carbocycles. The monoisotopic (exact) mass is 293 g/mol. The summed E-state index contributed by atoms with van der Waals surface area (Å²) in [4.78, 5) is 12.5. The molecule has 2 atom stereocenters. The lowest BCUT2D eigenvalue weighted by Gasteiger charge is -2.37. The van der Waals surface area contributed by atoms with Gasteiger partial charge in [-0.15, -0.1) is 0 Å². The topological polar surface area (TPSA) is 38.3 Å². The van der Waals surface area contributed by atoms with E-state index in [1.165, 1.54) is 0 Å². The molecular formula is C19H19NO2. The SMILES string of the molecule is O=C1OC(c2ccccc2)(c2ccccc2)C2CCNCC12. The van der Waals surface area contributed by atoms with Crippen molar-refractivity contribution in [2.45, 2.75) is 12.0 Å². The van der Waals surface area contributed by atoms with E-state index in [0.717, 1.165) is 24.1 Å². The number of esters is 1. The molecule has 1 N–H and O–H groups in total. The number of hydrogen-bond acceptors (Lipinski definition) is 3. The molecule has 2 aliphatic rings. The van der Waals surface area contributed by atoms with Crippen LogP contribution in [0, 0.1) is 11.8 Å². The van der Waals surface area contributed by atoms with Crippen molar-refractivity contribution in [3.8, 4) is 0 Å². The number of cyclic esters (lactones) is 1. The van der Waals surface area contributed by atoms with E-state index in [2.05, 4.69) is 29.6 Å². The summed E-state index contributed by atoms with van der Waals surface area (Å²) in [6.45, 7) is 1.64. The van der Waals surface area contributed by atoms with Gasteiger partial charge in [-0.2, -0.15) is 0 Å². The highest BCUT2D eigenvalue weighted by atomic mass is 16.6. The Balaban J connectivity index is 1.92. The predicted molar refractivity (Wildman–Crippen MR) is 84.2 cm³/mol. The molecule has 0 bridgehead atoms. The largest absolute Gasteiger partial charge is 0.449 e. The molecule has 112 valence electrons. The minimum Gasteiger partial charge on any atom is -0.449 e. The third kappa shape index (κ3) is 1.89. The lowest BCUT2D eigenvalue weighted by Crippen LogP contribution is -2.43. The molecule has 0 saturated carbocycles. The number of carbonyl (C=O) groups is 1. The summed E-state index contributed by atoms with van der Waals surface area (Å²) < 4.78 is 6.09. The molecule has 2 saturated heterocycles. The van der Waals surface area contributed by atoms with E-state index in [9.17, 15) is 4.79 Å². The van der Waals surface area contributed by atoms with E-state index in [1.807, 2.05) is 36.4 Å². The first kappa shape index (κ1) is 13.5. The molecule has 4 rings (SSSR count). The second kappa shape index (κ2) is 5.25. The van der Waals surface area contributed by atoms with E-state index in [4.69, 9.17) is 4.74 Å². The van der Waals surface area contributed by atoms with Crippen LogP contribution >= 0.6 is 0 Å². The van der Waals surface area contributed by atoms with Crippen LogP contribution in [0.5, 0.6) is 0 Å². The van der Waals surface area contributed by atoms with Crippen molar-refractivity contribution in [3.05, 3.63) is 71.8 Å². The maximum atomic E-state index is 12.5. The van der Waals surface area contributed by atoms with E-state index < -0.39 is 5.60 Å². The Morgan fingerprint density at radius 3 is 2.14 bits per heavy atom. The zero-order valence-corrected chi connectivity index (χ0v) is 12.4. The molecule has 2 unspecified atom stereocenters. The molecule has 22 heavy (non-hydrogen) atoms. The third-order valence-corrected chi connectivity index (χ3v) is 4.97. The van der Waals surface area contributed by atoms with Crippen LogP contribution in [0.15, 0.2) is 60.7 Å². The van der Waals surface area contributed by atoms with E-state index in [1.54, 1.807) is 0 Å². The van der Waals surface area contributed by atoms with Crippen molar-refractivity contribution < 1.29 is 9.53 Å². The van der Waals surface area contributed by atoms with E-state index >= 15 is 0 Å². The number of benzene rings is 2. The molecule has 0 spiro atoms. The zero-order valence-electron chi connectivity index (χ0n) is 12.4. The first-order valence-corrected chi connectivity index (χ1v) is 7.87. The fourth-order valence-electron chi connectivity index (χ4n) is 3.99. The number of piperidine rings is 1. The maximum absolute atomic E-state index is 12.5. The Bertz CT molecular complexity index is 629. The molecule has 2 fully saturated rings. The molecular weight excluding hydrogens is 274 g/mol. The molecule has 0 radical (unpaired) electrons. The Kier molecular flexibility index (Phi) is 3.23. The fourth-order valence-corrected chi connectivity index (χ4v) is 3.99. The summed E-state index contributed by atoms with van der Waals surface area (Å²) in [5, 5.41) is 3.33. The smallest absolute Gasteiger partial charge is 0.311 e. The molecule has 2 heterocycles. The number of rotatable bonds is 2.